The monoisotopic (exact) mass is 319 g/mol. The van der Waals surface area contributed by atoms with Crippen LogP contribution in [0.3, 0.4) is 0 Å². The van der Waals surface area contributed by atoms with Crippen LogP contribution in [0.1, 0.15) is 10.4 Å². The summed E-state index contributed by atoms with van der Waals surface area (Å²) in [7, 11) is -1.63. The molecule has 0 unspecified atom stereocenters. The van der Waals surface area contributed by atoms with Gasteiger partial charge in [-0.05, 0) is 24.3 Å². The fraction of sp³-hybridized carbons (Fsp3) is 0.0833. The van der Waals surface area contributed by atoms with E-state index in [1.165, 1.54) is 18.3 Å². The Kier molecular flexibility index (Phi) is 4.31. The molecule has 2 rings (SSSR count). The first-order valence-electron chi connectivity index (χ1n) is 6.23. The third-order valence-electron chi connectivity index (χ3n) is 2.83. The zero-order valence-electron chi connectivity index (χ0n) is 12.0. The molecule has 0 aliphatic carbocycles. The minimum Gasteiger partial charge on any atom is -0.419 e. The van der Waals surface area contributed by atoms with Gasteiger partial charge in [0.2, 0.25) is 13.9 Å². The number of hydrogen-bond donors (Lipinski definition) is 3. The molecule has 8 nitrogen and oxygen atoms in total. The first-order chi connectivity index (χ1) is 10.3. The van der Waals surface area contributed by atoms with Crippen molar-refractivity contribution in [3.05, 3.63) is 36.0 Å². The number of carbonyl (C=O) groups is 1. The molecule has 0 aliphatic rings. The first kappa shape index (κ1) is 15.8. The molecule has 2 aromatic rings. The summed E-state index contributed by atoms with van der Waals surface area (Å²) in [6, 6.07) is 6.16. The highest BCUT2D eigenvalue weighted by molar-refractivity contribution is 7.90. The molecule has 1 heterocycles. The lowest BCUT2D eigenvalue weighted by Crippen LogP contribution is -2.16. The van der Waals surface area contributed by atoms with Crippen LogP contribution in [0.2, 0.25) is 0 Å². The van der Waals surface area contributed by atoms with Gasteiger partial charge in [0.05, 0.1) is 10.5 Å². The van der Waals surface area contributed by atoms with Gasteiger partial charge in [-0.15, -0.1) is 0 Å². The molecule has 0 bridgehead atoms. The van der Waals surface area contributed by atoms with Crippen molar-refractivity contribution in [3.8, 4) is 0 Å². The maximum absolute atomic E-state index is 11.4. The molecule has 4 N–H and O–H groups in total. The van der Waals surface area contributed by atoms with E-state index in [2.05, 4.69) is 20.5 Å². The van der Waals surface area contributed by atoms with Gasteiger partial charge in [0, 0.05) is 18.1 Å². The summed E-state index contributed by atoms with van der Waals surface area (Å²) in [5.74, 6) is -0.0763. The average molecular weight is 319 g/mol. The molecular formula is C12H14BN5O3S. The Morgan fingerprint density at radius 1 is 1.27 bits per heavy atom. The second kappa shape index (κ2) is 6.02. The van der Waals surface area contributed by atoms with E-state index < -0.39 is 15.7 Å². The standard InChI is InChI=1S/C12H14BN5O3S/c1-22(20,21)8-4-2-7(3-5-8)16-12-15-6-9(10(14)19)11(17-12)18-13/h2-6H,13H2,1H3,(H2,14,19)(H2,15,16,17,18). The summed E-state index contributed by atoms with van der Waals surface area (Å²) in [5.41, 5.74) is 6.01. The van der Waals surface area contributed by atoms with Crippen molar-refractivity contribution in [1.29, 1.82) is 0 Å². The number of nitrogens with zero attached hydrogens (tertiary/aromatic N) is 2. The van der Waals surface area contributed by atoms with E-state index in [9.17, 15) is 13.2 Å². The Morgan fingerprint density at radius 3 is 2.41 bits per heavy atom. The Labute approximate surface area is 128 Å². The number of rotatable bonds is 5. The van der Waals surface area contributed by atoms with Crippen LogP contribution >= 0.6 is 0 Å². The molecule has 0 saturated heterocycles. The van der Waals surface area contributed by atoms with Gasteiger partial charge in [-0.1, -0.05) is 0 Å². The number of nitrogens with two attached hydrogens (primary N) is 1. The second-order valence-electron chi connectivity index (χ2n) is 4.49. The molecule has 114 valence electrons. The fourth-order valence-corrected chi connectivity index (χ4v) is 2.36. The number of benzene rings is 1. The van der Waals surface area contributed by atoms with Crippen molar-refractivity contribution < 1.29 is 13.2 Å². The van der Waals surface area contributed by atoms with E-state index in [1.807, 2.05) is 0 Å². The Bertz CT molecular complexity index is 808. The summed E-state index contributed by atoms with van der Waals surface area (Å²) in [6.07, 6.45) is 2.45. The Balaban J connectivity index is 2.26. The number of carbonyl (C=O) groups excluding carboxylic acids is 1. The number of sulfone groups is 1. The van der Waals surface area contributed by atoms with Crippen LogP contribution in [0.5, 0.6) is 0 Å². The molecule has 0 spiro atoms. The maximum Gasteiger partial charge on any atom is 0.253 e. The molecule has 0 fully saturated rings. The van der Waals surface area contributed by atoms with E-state index in [0.29, 0.717) is 11.5 Å². The van der Waals surface area contributed by atoms with Crippen molar-refractivity contribution in [2.24, 2.45) is 5.73 Å². The van der Waals surface area contributed by atoms with E-state index in [1.54, 1.807) is 20.1 Å². The van der Waals surface area contributed by atoms with Crippen LogP contribution in [0, 0.1) is 0 Å². The van der Waals surface area contributed by atoms with Crippen LogP contribution in [0.25, 0.3) is 0 Å². The molecule has 0 saturated carbocycles. The SMILES string of the molecule is BNc1nc(Nc2ccc(S(C)(=O)=O)cc2)ncc1C(N)=O. The molecule has 22 heavy (non-hydrogen) atoms. The largest absolute Gasteiger partial charge is 0.419 e. The summed E-state index contributed by atoms with van der Waals surface area (Å²) in [6.45, 7) is 0. The van der Waals surface area contributed by atoms with Crippen LogP contribution < -0.4 is 16.3 Å². The van der Waals surface area contributed by atoms with Gasteiger partial charge < -0.3 is 16.3 Å². The van der Waals surface area contributed by atoms with Crippen molar-refractivity contribution in [3.63, 3.8) is 0 Å². The van der Waals surface area contributed by atoms with Crippen molar-refractivity contribution in [2.45, 2.75) is 4.90 Å². The predicted molar refractivity (Wildman–Crippen MR) is 85.6 cm³/mol. The van der Waals surface area contributed by atoms with Gasteiger partial charge in [0.1, 0.15) is 5.82 Å². The minimum atomic E-state index is -3.24. The number of amides is 1. The number of primary amides is 1. The molecule has 0 atom stereocenters. The lowest BCUT2D eigenvalue weighted by Gasteiger charge is -2.09. The molecule has 1 aromatic heterocycles. The highest BCUT2D eigenvalue weighted by Gasteiger charge is 2.11. The number of nitrogens with one attached hydrogen (secondary N) is 2. The highest BCUT2D eigenvalue weighted by atomic mass is 32.2. The smallest absolute Gasteiger partial charge is 0.253 e. The van der Waals surface area contributed by atoms with Crippen molar-refractivity contribution in [1.82, 2.24) is 9.97 Å². The molecular weight excluding hydrogens is 305 g/mol. The summed E-state index contributed by atoms with van der Waals surface area (Å²) in [4.78, 5) is 19.5. The summed E-state index contributed by atoms with van der Waals surface area (Å²) < 4.78 is 22.8. The average Bonchev–Trinajstić information content (AvgIpc) is 2.46. The highest BCUT2D eigenvalue weighted by Crippen LogP contribution is 2.18. The van der Waals surface area contributed by atoms with Gasteiger partial charge in [-0.3, -0.25) is 4.79 Å². The zero-order valence-corrected chi connectivity index (χ0v) is 12.8. The molecule has 0 radical (unpaired) electrons. The third kappa shape index (κ3) is 3.53. The van der Waals surface area contributed by atoms with E-state index >= 15 is 0 Å². The number of anilines is 3. The van der Waals surface area contributed by atoms with E-state index in [4.69, 9.17) is 5.73 Å². The third-order valence-corrected chi connectivity index (χ3v) is 3.96. The van der Waals surface area contributed by atoms with Crippen LogP contribution in [-0.4, -0.2) is 38.5 Å². The normalized spacial score (nSPS) is 11.0. The first-order valence-corrected chi connectivity index (χ1v) is 8.12. The predicted octanol–water partition coefficient (Wildman–Crippen LogP) is -0.317. The molecule has 1 amide bonds. The van der Waals surface area contributed by atoms with Crippen LogP contribution in [-0.2, 0) is 9.84 Å². The minimum absolute atomic E-state index is 0.181. The van der Waals surface area contributed by atoms with Crippen molar-refractivity contribution in [2.75, 3.05) is 16.8 Å². The second-order valence-corrected chi connectivity index (χ2v) is 6.51. The van der Waals surface area contributed by atoms with Gasteiger partial charge in [0.25, 0.3) is 5.91 Å². The van der Waals surface area contributed by atoms with Gasteiger partial charge in [0.15, 0.2) is 9.84 Å². The summed E-state index contributed by atoms with van der Waals surface area (Å²) >= 11 is 0. The maximum atomic E-state index is 11.4. The lowest BCUT2D eigenvalue weighted by atomic mass is 10.2. The molecule has 10 heteroatoms. The lowest BCUT2D eigenvalue weighted by molar-refractivity contribution is 0.100. The van der Waals surface area contributed by atoms with Gasteiger partial charge in [-0.2, -0.15) is 4.98 Å². The quantitative estimate of drug-likeness (QED) is 0.645. The summed E-state index contributed by atoms with van der Waals surface area (Å²) in [5, 5.41) is 5.68. The molecule has 1 aromatic carbocycles. The topological polar surface area (TPSA) is 127 Å². The van der Waals surface area contributed by atoms with Gasteiger partial charge >= 0.3 is 0 Å². The molecule has 0 aliphatic heterocycles. The van der Waals surface area contributed by atoms with Gasteiger partial charge in [-0.25, -0.2) is 13.4 Å². The Morgan fingerprint density at radius 2 is 1.91 bits per heavy atom. The zero-order chi connectivity index (χ0) is 16.3. The number of hydrogen-bond acceptors (Lipinski definition) is 7. The van der Waals surface area contributed by atoms with Crippen LogP contribution in [0.4, 0.5) is 17.5 Å². The van der Waals surface area contributed by atoms with Crippen LogP contribution in [0.15, 0.2) is 35.4 Å². The number of aromatic nitrogens is 2. The fourth-order valence-electron chi connectivity index (χ4n) is 1.73. The van der Waals surface area contributed by atoms with E-state index in [0.717, 1.165) is 6.26 Å². The van der Waals surface area contributed by atoms with Crippen molar-refractivity contribution >= 4 is 41.2 Å². The van der Waals surface area contributed by atoms with E-state index in [-0.39, 0.29) is 16.4 Å². The Hall–Kier alpha value is -2.62.